The minimum Gasteiger partial charge on any atom is -0.486 e. The first-order valence-corrected chi connectivity index (χ1v) is 10.2. The first-order chi connectivity index (χ1) is 13.4. The summed E-state index contributed by atoms with van der Waals surface area (Å²) in [6, 6.07) is 17.2. The number of aryl methyl sites for hydroxylation is 1. The standard InChI is InChI=1S/C23H30N2O2/c1-2-5-20(6-3-1)7-4-11-24-13-15-25(16-14-24)12-10-21-8-9-22-23(19-21)27-18-17-26-22/h1-3,5-6,8-9,19H,4,7,10-18H2. The summed E-state index contributed by atoms with van der Waals surface area (Å²) >= 11 is 0. The lowest BCUT2D eigenvalue weighted by Crippen LogP contribution is -2.47. The van der Waals surface area contributed by atoms with Gasteiger partial charge in [-0.2, -0.15) is 0 Å². The Balaban J connectivity index is 1.15. The molecule has 4 nitrogen and oxygen atoms in total. The third-order valence-electron chi connectivity index (χ3n) is 5.57. The van der Waals surface area contributed by atoms with Gasteiger partial charge in [-0.05, 0) is 49.1 Å². The second-order valence-corrected chi connectivity index (χ2v) is 7.50. The molecular weight excluding hydrogens is 336 g/mol. The van der Waals surface area contributed by atoms with Gasteiger partial charge in [0, 0.05) is 32.7 Å². The van der Waals surface area contributed by atoms with Crippen molar-refractivity contribution in [2.75, 3.05) is 52.5 Å². The van der Waals surface area contributed by atoms with Crippen molar-refractivity contribution in [2.45, 2.75) is 19.3 Å². The molecule has 0 unspecified atom stereocenters. The second kappa shape index (κ2) is 9.25. The SMILES string of the molecule is c1ccc(CCCN2CCN(CCc3ccc4c(c3)OCCO4)CC2)cc1. The van der Waals surface area contributed by atoms with E-state index in [1.165, 1.54) is 56.7 Å². The van der Waals surface area contributed by atoms with Gasteiger partial charge in [0.05, 0.1) is 0 Å². The molecule has 0 aliphatic carbocycles. The molecule has 0 saturated carbocycles. The number of rotatable bonds is 7. The van der Waals surface area contributed by atoms with E-state index in [1.807, 2.05) is 0 Å². The summed E-state index contributed by atoms with van der Waals surface area (Å²) in [6.07, 6.45) is 3.51. The first kappa shape index (κ1) is 18.3. The molecule has 0 N–H and O–H groups in total. The number of hydrogen-bond donors (Lipinski definition) is 0. The van der Waals surface area contributed by atoms with Crippen LogP contribution in [0.5, 0.6) is 11.5 Å². The van der Waals surface area contributed by atoms with Crippen LogP contribution in [0, 0.1) is 0 Å². The van der Waals surface area contributed by atoms with Gasteiger partial charge in [-0.15, -0.1) is 0 Å². The largest absolute Gasteiger partial charge is 0.486 e. The van der Waals surface area contributed by atoms with Gasteiger partial charge in [0.15, 0.2) is 11.5 Å². The van der Waals surface area contributed by atoms with Crippen LogP contribution in [-0.4, -0.2) is 62.3 Å². The van der Waals surface area contributed by atoms with Crippen LogP contribution in [0.1, 0.15) is 17.5 Å². The molecular formula is C23H30N2O2. The number of fused-ring (bicyclic) bond motifs is 1. The Morgan fingerprint density at radius 2 is 1.37 bits per heavy atom. The number of benzene rings is 2. The minimum absolute atomic E-state index is 0.655. The predicted octanol–water partition coefficient (Wildman–Crippen LogP) is 3.25. The summed E-state index contributed by atoms with van der Waals surface area (Å²) in [5.41, 5.74) is 2.79. The molecule has 27 heavy (non-hydrogen) atoms. The highest BCUT2D eigenvalue weighted by molar-refractivity contribution is 5.43. The quantitative estimate of drug-likeness (QED) is 0.751. The molecule has 0 amide bonds. The van der Waals surface area contributed by atoms with Crippen LogP contribution in [0.4, 0.5) is 0 Å². The van der Waals surface area contributed by atoms with Crippen molar-refractivity contribution in [1.29, 1.82) is 0 Å². The van der Waals surface area contributed by atoms with Gasteiger partial charge in [-0.3, -0.25) is 0 Å². The van der Waals surface area contributed by atoms with E-state index in [0.29, 0.717) is 13.2 Å². The maximum Gasteiger partial charge on any atom is 0.161 e. The van der Waals surface area contributed by atoms with Crippen LogP contribution in [0.2, 0.25) is 0 Å². The monoisotopic (exact) mass is 366 g/mol. The zero-order valence-electron chi connectivity index (χ0n) is 16.1. The van der Waals surface area contributed by atoms with Crippen molar-refractivity contribution in [3.8, 4) is 11.5 Å². The fourth-order valence-corrected chi connectivity index (χ4v) is 3.92. The van der Waals surface area contributed by atoms with Crippen molar-refractivity contribution < 1.29 is 9.47 Å². The van der Waals surface area contributed by atoms with Gasteiger partial charge >= 0.3 is 0 Å². The summed E-state index contributed by atoms with van der Waals surface area (Å²) in [4.78, 5) is 5.20. The van der Waals surface area contributed by atoms with E-state index < -0.39 is 0 Å². The highest BCUT2D eigenvalue weighted by Crippen LogP contribution is 2.30. The van der Waals surface area contributed by atoms with Gasteiger partial charge in [0.2, 0.25) is 0 Å². The highest BCUT2D eigenvalue weighted by Gasteiger charge is 2.17. The van der Waals surface area contributed by atoms with E-state index in [9.17, 15) is 0 Å². The number of nitrogens with zero attached hydrogens (tertiary/aromatic N) is 2. The fraction of sp³-hybridized carbons (Fsp3) is 0.478. The molecule has 0 atom stereocenters. The van der Waals surface area contributed by atoms with Crippen molar-refractivity contribution in [3.05, 3.63) is 59.7 Å². The Kier molecular flexibility index (Phi) is 6.28. The predicted molar refractivity (Wildman–Crippen MR) is 109 cm³/mol. The minimum atomic E-state index is 0.655. The average molecular weight is 367 g/mol. The molecule has 4 rings (SSSR count). The zero-order chi connectivity index (χ0) is 18.3. The maximum atomic E-state index is 5.69. The lowest BCUT2D eigenvalue weighted by atomic mass is 10.1. The van der Waals surface area contributed by atoms with E-state index in [1.54, 1.807) is 0 Å². The summed E-state index contributed by atoms with van der Waals surface area (Å²) in [5, 5.41) is 0. The van der Waals surface area contributed by atoms with E-state index in [2.05, 4.69) is 58.3 Å². The van der Waals surface area contributed by atoms with Crippen LogP contribution >= 0.6 is 0 Å². The van der Waals surface area contributed by atoms with E-state index >= 15 is 0 Å². The fourth-order valence-electron chi connectivity index (χ4n) is 3.92. The van der Waals surface area contributed by atoms with Crippen LogP contribution < -0.4 is 9.47 Å². The third-order valence-corrected chi connectivity index (χ3v) is 5.57. The Hall–Kier alpha value is -2.04. The molecule has 4 heteroatoms. The molecule has 144 valence electrons. The van der Waals surface area contributed by atoms with Crippen molar-refractivity contribution >= 4 is 0 Å². The Morgan fingerprint density at radius 3 is 2.15 bits per heavy atom. The van der Waals surface area contributed by atoms with Crippen LogP contribution in [0.15, 0.2) is 48.5 Å². The Bertz CT molecular complexity index is 712. The van der Waals surface area contributed by atoms with E-state index in [0.717, 1.165) is 24.5 Å². The number of hydrogen-bond acceptors (Lipinski definition) is 4. The molecule has 2 heterocycles. The zero-order valence-corrected chi connectivity index (χ0v) is 16.1. The van der Waals surface area contributed by atoms with Crippen molar-refractivity contribution in [3.63, 3.8) is 0 Å². The van der Waals surface area contributed by atoms with Gasteiger partial charge in [0.1, 0.15) is 13.2 Å². The average Bonchev–Trinajstić information content (AvgIpc) is 2.74. The number of ether oxygens (including phenoxy) is 2. The second-order valence-electron chi connectivity index (χ2n) is 7.50. The summed E-state index contributed by atoms with van der Waals surface area (Å²) in [7, 11) is 0. The molecule has 0 bridgehead atoms. The van der Waals surface area contributed by atoms with E-state index in [-0.39, 0.29) is 0 Å². The molecule has 0 radical (unpaired) electrons. The normalized spacial score (nSPS) is 17.8. The first-order valence-electron chi connectivity index (χ1n) is 10.2. The third kappa shape index (κ3) is 5.24. The van der Waals surface area contributed by atoms with Gasteiger partial charge < -0.3 is 19.3 Å². The molecule has 2 aliphatic rings. The molecule has 2 aliphatic heterocycles. The maximum absolute atomic E-state index is 5.69. The van der Waals surface area contributed by atoms with Gasteiger partial charge in [-0.1, -0.05) is 36.4 Å². The summed E-state index contributed by atoms with van der Waals surface area (Å²) in [5.74, 6) is 1.79. The molecule has 2 aromatic rings. The Morgan fingerprint density at radius 1 is 0.667 bits per heavy atom. The lowest BCUT2D eigenvalue weighted by Gasteiger charge is -2.34. The smallest absolute Gasteiger partial charge is 0.161 e. The van der Waals surface area contributed by atoms with Gasteiger partial charge in [0.25, 0.3) is 0 Å². The molecule has 2 aromatic carbocycles. The highest BCUT2D eigenvalue weighted by atomic mass is 16.6. The number of piperazine rings is 1. The van der Waals surface area contributed by atoms with Gasteiger partial charge in [-0.25, -0.2) is 0 Å². The van der Waals surface area contributed by atoms with Crippen LogP contribution in [0.25, 0.3) is 0 Å². The summed E-state index contributed by atoms with van der Waals surface area (Å²) < 4.78 is 11.3. The molecule has 1 saturated heterocycles. The van der Waals surface area contributed by atoms with Crippen LogP contribution in [0.3, 0.4) is 0 Å². The Labute approximate surface area is 162 Å². The van der Waals surface area contributed by atoms with Crippen molar-refractivity contribution in [2.24, 2.45) is 0 Å². The van der Waals surface area contributed by atoms with Crippen molar-refractivity contribution in [1.82, 2.24) is 9.80 Å². The lowest BCUT2D eigenvalue weighted by molar-refractivity contribution is 0.132. The topological polar surface area (TPSA) is 24.9 Å². The molecule has 1 fully saturated rings. The van der Waals surface area contributed by atoms with Crippen LogP contribution in [-0.2, 0) is 12.8 Å². The summed E-state index contributed by atoms with van der Waals surface area (Å²) in [6.45, 7) is 8.38. The molecule has 0 spiro atoms. The molecule has 0 aromatic heterocycles. The van der Waals surface area contributed by atoms with E-state index in [4.69, 9.17) is 9.47 Å².